The first kappa shape index (κ1) is 22.7. The van der Waals surface area contributed by atoms with Crippen LogP contribution in [0.1, 0.15) is 50.3 Å². The van der Waals surface area contributed by atoms with Gasteiger partial charge in [-0.15, -0.1) is 0 Å². The Bertz CT molecular complexity index is 1630. The number of fused-ring (bicyclic) bond motifs is 8. The van der Waals surface area contributed by atoms with E-state index in [2.05, 4.69) is 125 Å². The molecule has 3 aliphatic rings. The molecular weight excluding hydrogens is 453 g/mol. The Morgan fingerprint density at radius 2 is 1.24 bits per heavy atom. The Balaban J connectivity index is 1.41. The molecule has 1 aliphatic carbocycles. The second-order valence-electron chi connectivity index (χ2n) is 11.4. The van der Waals surface area contributed by atoms with E-state index in [9.17, 15) is 0 Å². The van der Waals surface area contributed by atoms with Gasteiger partial charge in [0.2, 0.25) is 0 Å². The molecule has 37 heavy (non-hydrogen) atoms. The minimum Gasteiger partial charge on any atom is -0.399 e. The monoisotopic (exact) mass is 483 g/mol. The molecule has 4 aromatic carbocycles. The Labute approximate surface area is 218 Å². The number of aliphatic imine (C=N–C) groups is 1. The molecule has 2 unspecified atom stereocenters. The fourth-order valence-electron chi connectivity index (χ4n) is 5.97. The van der Waals surface area contributed by atoms with E-state index in [0.29, 0.717) is 0 Å². The van der Waals surface area contributed by atoms with Crippen molar-refractivity contribution < 1.29 is 9.31 Å². The van der Waals surface area contributed by atoms with Crippen LogP contribution in [0.3, 0.4) is 0 Å². The number of hydrogen-bond acceptors (Lipinski definition) is 3. The van der Waals surface area contributed by atoms with E-state index in [1.807, 2.05) is 0 Å². The van der Waals surface area contributed by atoms with Gasteiger partial charge in [-0.2, -0.15) is 0 Å². The van der Waals surface area contributed by atoms with E-state index < -0.39 is 0 Å². The number of rotatable bonds is 2. The molecule has 0 bridgehead atoms. The number of benzene rings is 4. The molecule has 2 atom stereocenters. The maximum absolute atomic E-state index is 6.30. The smallest absolute Gasteiger partial charge is 0.399 e. The third-order valence-corrected chi connectivity index (χ3v) is 8.64. The topological polar surface area (TPSA) is 30.8 Å². The van der Waals surface area contributed by atoms with Gasteiger partial charge in [-0.05, 0) is 60.3 Å². The van der Waals surface area contributed by atoms with Gasteiger partial charge in [0.05, 0.1) is 23.0 Å². The number of allylic oxidation sites excluding steroid dienone is 2. The van der Waals surface area contributed by atoms with Gasteiger partial charge >= 0.3 is 7.12 Å². The van der Waals surface area contributed by atoms with Crippen LogP contribution in [-0.2, 0) is 9.31 Å². The van der Waals surface area contributed by atoms with Crippen molar-refractivity contribution in [3.05, 3.63) is 114 Å². The largest absolute Gasteiger partial charge is 0.494 e. The summed E-state index contributed by atoms with van der Waals surface area (Å²) in [5, 5.41) is 5.14. The van der Waals surface area contributed by atoms with Gasteiger partial charge in [-0.1, -0.05) is 97.1 Å². The maximum Gasteiger partial charge on any atom is 0.494 e. The van der Waals surface area contributed by atoms with Gasteiger partial charge in [0, 0.05) is 17.0 Å². The lowest BCUT2D eigenvalue weighted by Gasteiger charge is -2.32. The Kier molecular flexibility index (Phi) is 4.92. The summed E-state index contributed by atoms with van der Waals surface area (Å²) in [6.45, 7) is 8.36. The van der Waals surface area contributed by atoms with Gasteiger partial charge in [-0.3, -0.25) is 4.99 Å². The molecule has 0 amide bonds. The zero-order chi connectivity index (χ0) is 25.4. The summed E-state index contributed by atoms with van der Waals surface area (Å²) >= 11 is 0. The summed E-state index contributed by atoms with van der Waals surface area (Å²) in [4.78, 5) is 5.36. The van der Waals surface area contributed by atoms with Crippen molar-refractivity contribution in [2.45, 2.75) is 50.9 Å². The second kappa shape index (κ2) is 8.02. The van der Waals surface area contributed by atoms with E-state index in [1.165, 1.54) is 32.7 Å². The minimum absolute atomic E-state index is 0.0832. The van der Waals surface area contributed by atoms with E-state index in [4.69, 9.17) is 14.3 Å². The fourth-order valence-corrected chi connectivity index (χ4v) is 5.97. The van der Waals surface area contributed by atoms with Gasteiger partial charge in [0.15, 0.2) is 0 Å². The molecule has 0 radical (unpaired) electrons. The van der Waals surface area contributed by atoms with Crippen molar-refractivity contribution in [1.29, 1.82) is 0 Å². The summed E-state index contributed by atoms with van der Waals surface area (Å²) in [6.07, 6.45) is 8.83. The quantitative estimate of drug-likeness (QED) is 0.234. The minimum atomic E-state index is -0.375. The SMILES string of the molecule is CC1(C)OB(c2ccc(C3=NC4C=CC=CC4c4c3c3ccccc3c3ccccc43)cc2)OC1(C)C. The summed E-state index contributed by atoms with van der Waals surface area (Å²) < 4.78 is 12.6. The van der Waals surface area contributed by atoms with Crippen LogP contribution >= 0.6 is 0 Å². The molecule has 4 heteroatoms. The molecule has 1 fully saturated rings. The lowest BCUT2D eigenvalue weighted by Crippen LogP contribution is -2.41. The first-order chi connectivity index (χ1) is 17.8. The fraction of sp³-hybridized carbons (Fsp3) is 0.242. The molecule has 0 spiro atoms. The van der Waals surface area contributed by atoms with E-state index in [-0.39, 0.29) is 30.3 Å². The Morgan fingerprint density at radius 3 is 1.92 bits per heavy atom. The van der Waals surface area contributed by atoms with Crippen LogP contribution in [-0.4, -0.2) is 30.1 Å². The second-order valence-corrected chi connectivity index (χ2v) is 11.4. The van der Waals surface area contributed by atoms with Crippen LogP contribution in [0, 0.1) is 0 Å². The molecule has 0 saturated carbocycles. The molecule has 0 N–H and O–H groups in total. The average Bonchev–Trinajstić information content (AvgIpc) is 3.14. The highest BCUT2D eigenvalue weighted by molar-refractivity contribution is 6.62. The van der Waals surface area contributed by atoms with Crippen molar-refractivity contribution in [1.82, 2.24) is 0 Å². The third-order valence-electron chi connectivity index (χ3n) is 8.64. The molecule has 1 saturated heterocycles. The van der Waals surface area contributed by atoms with Crippen molar-refractivity contribution in [3.8, 4) is 0 Å². The van der Waals surface area contributed by atoms with Crippen molar-refractivity contribution in [2.24, 2.45) is 4.99 Å². The van der Waals surface area contributed by atoms with Crippen LogP contribution < -0.4 is 5.46 Å². The van der Waals surface area contributed by atoms with Crippen LogP contribution in [0.15, 0.2) is 102 Å². The van der Waals surface area contributed by atoms with Gasteiger partial charge < -0.3 is 9.31 Å². The molecule has 2 heterocycles. The lowest BCUT2D eigenvalue weighted by molar-refractivity contribution is 0.00578. The molecule has 7 rings (SSSR count). The molecule has 4 aromatic rings. The molecule has 3 nitrogen and oxygen atoms in total. The van der Waals surface area contributed by atoms with E-state index in [1.54, 1.807) is 0 Å². The first-order valence-electron chi connectivity index (χ1n) is 13.2. The van der Waals surface area contributed by atoms with Crippen molar-refractivity contribution in [3.63, 3.8) is 0 Å². The average molecular weight is 483 g/mol. The summed E-state index contributed by atoms with van der Waals surface area (Å²) in [7, 11) is -0.375. The predicted octanol–water partition coefficient (Wildman–Crippen LogP) is 6.72. The lowest BCUT2D eigenvalue weighted by atomic mass is 9.75. The van der Waals surface area contributed by atoms with Crippen molar-refractivity contribution in [2.75, 3.05) is 0 Å². The first-order valence-corrected chi connectivity index (χ1v) is 13.2. The zero-order valence-electron chi connectivity index (χ0n) is 21.7. The highest BCUT2D eigenvalue weighted by atomic mass is 16.7. The Hall–Kier alpha value is -3.47. The molecular formula is C33H30BNO2. The summed E-state index contributed by atoms with van der Waals surface area (Å²) in [5.41, 5.74) is 5.10. The zero-order valence-corrected chi connectivity index (χ0v) is 21.7. The third kappa shape index (κ3) is 3.39. The highest BCUT2D eigenvalue weighted by Crippen LogP contribution is 2.44. The Morgan fingerprint density at radius 1 is 0.676 bits per heavy atom. The van der Waals surface area contributed by atoms with Gasteiger partial charge in [0.25, 0.3) is 0 Å². The van der Waals surface area contributed by atoms with Gasteiger partial charge in [0.1, 0.15) is 0 Å². The predicted molar refractivity (Wildman–Crippen MR) is 154 cm³/mol. The van der Waals surface area contributed by atoms with Crippen LogP contribution in [0.5, 0.6) is 0 Å². The number of nitrogens with zero attached hydrogens (tertiary/aromatic N) is 1. The molecule has 2 aliphatic heterocycles. The van der Waals surface area contributed by atoms with E-state index in [0.717, 1.165) is 16.7 Å². The highest BCUT2D eigenvalue weighted by Gasteiger charge is 2.51. The maximum atomic E-state index is 6.30. The molecule has 182 valence electrons. The number of hydrogen-bond donors (Lipinski definition) is 0. The van der Waals surface area contributed by atoms with E-state index >= 15 is 0 Å². The summed E-state index contributed by atoms with van der Waals surface area (Å²) in [5.74, 6) is 0.224. The summed E-state index contributed by atoms with van der Waals surface area (Å²) in [6, 6.07) is 26.3. The van der Waals surface area contributed by atoms with Gasteiger partial charge in [-0.25, -0.2) is 0 Å². The van der Waals surface area contributed by atoms with Crippen LogP contribution in [0.2, 0.25) is 0 Å². The standard InChI is InChI=1S/C33H30BNO2/c1-32(2)33(3,4)37-34(36-32)22-19-17-21(18-20-22)31-30-26-14-8-6-12-24(26)23-11-5-7-13-25(23)29(30)27-15-9-10-16-28(27)35-31/h5-20,27-28H,1-4H3. The molecule has 0 aromatic heterocycles. The van der Waals surface area contributed by atoms with Crippen LogP contribution in [0.4, 0.5) is 0 Å². The van der Waals surface area contributed by atoms with Crippen LogP contribution in [0.25, 0.3) is 21.5 Å². The normalized spacial score (nSPS) is 23.2. The van der Waals surface area contributed by atoms with Crippen molar-refractivity contribution >= 4 is 39.8 Å².